The molecule has 1 aliphatic heterocycles. The van der Waals surface area contributed by atoms with Gasteiger partial charge in [-0.1, -0.05) is 54.6 Å². The molecule has 0 amide bonds. The maximum absolute atomic E-state index is 11.9. The standard InChI is InChI=1S/C18H19NO2/c1-18(17(20)21,16-9-3-2-4-10-16)13-19-11-14-7-5-6-8-15(14)12-19/h2-10H,11-13H2,1H3,(H,20,21). The highest BCUT2D eigenvalue weighted by molar-refractivity contribution is 5.81. The number of benzene rings is 2. The topological polar surface area (TPSA) is 40.5 Å². The van der Waals surface area contributed by atoms with Gasteiger partial charge in [0.1, 0.15) is 5.41 Å². The van der Waals surface area contributed by atoms with E-state index < -0.39 is 11.4 Å². The third kappa shape index (κ3) is 2.57. The van der Waals surface area contributed by atoms with Crippen molar-refractivity contribution >= 4 is 5.97 Å². The molecule has 3 nitrogen and oxygen atoms in total. The summed E-state index contributed by atoms with van der Waals surface area (Å²) in [5.41, 5.74) is 2.58. The van der Waals surface area contributed by atoms with Crippen molar-refractivity contribution in [2.24, 2.45) is 0 Å². The smallest absolute Gasteiger partial charge is 0.315 e. The van der Waals surface area contributed by atoms with Crippen molar-refractivity contribution in [2.45, 2.75) is 25.4 Å². The summed E-state index contributed by atoms with van der Waals surface area (Å²) in [6.45, 7) is 3.98. The second-order valence-electron chi connectivity index (χ2n) is 5.92. The van der Waals surface area contributed by atoms with Gasteiger partial charge in [0.25, 0.3) is 0 Å². The molecule has 0 fully saturated rings. The molecule has 0 saturated carbocycles. The van der Waals surface area contributed by atoms with Gasteiger partial charge in [0.15, 0.2) is 0 Å². The number of rotatable bonds is 4. The Balaban J connectivity index is 1.84. The SMILES string of the molecule is CC(CN1Cc2ccccc2C1)(C(=O)O)c1ccccc1. The van der Waals surface area contributed by atoms with E-state index in [2.05, 4.69) is 17.0 Å². The highest BCUT2D eigenvalue weighted by atomic mass is 16.4. The molecule has 3 rings (SSSR count). The molecule has 0 bridgehead atoms. The van der Waals surface area contributed by atoms with Crippen LogP contribution >= 0.6 is 0 Å². The van der Waals surface area contributed by atoms with E-state index in [0.717, 1.165) is 18.7 Å². The second kappa shape index (κ2) is 5.34. The molecule has 1 atom stereocenters. The maximum atomic E-state index is 11.9. The molecular formula is C18H19NO2. The van der Waals surface area contributed by atoms with Gasteiger partial charge in [0.2, 0.25) is 0 Å². The molecule has 1 N–H and O–H groups in total. The van der Waals surface area contributed by atoms with Crippen molar-refractivity contribution < 1.29 is 9.90 Å². The predicted molar refractivity (Wildman–Crippen MR) is 82.0 cm³/mol. The number of hydrogen-bond acceptors (Lipinski definition) is 2. The molecule has 0 saturated heterocycles. The second-order valence-corrected chi connectivity index (χ2v) is 5.92. The van der Waals surface area contributed by atoms with E-state index in [9.17, 15) is 9.90 Å². The number of carboxylic acids is 1. The normalized spacial score (nSPS) is 17.2. The highest BCUT2D eigenvalue weighted by Crippen LogP contribution is 2.30. The first-order valence-corrected chi connectivity index (χ1v) is 7.18. The van der Waals surface area contributed by atoms with Gasteiger partial charge < -0.3 is 5.11 Å². The first kappa shape index (κ1) is 13.8. The first-order valence-electron chi connectivity index (χ1n) is 7.18. The van der Waals surface area contributed by atoms with Crippen LogP contribution in [0, 0.1) is 0 Å². The van der Waals surface area contributed by atoms with Crippen LogP contribution in [-0.2, 0) is 23.3 Å². The largest absolute Gasteiger partial charge is 0.481 e. The minimum absolute atomic E-state index is 0.515. The average molecular weight is 281 g/mol. The summed E-state index contributed by atoms with van der Waals surface area (Å²) in [5.74, 6) is -0.773. The summed E-state index contributed by atoms with van der Waals surface area (Å²) >= 11 is 0. The summed E-state index contributed by atoms with van der Waals surface area (Å²) < 4.78 is 0. The number of fused-ring (bicyclic) bond motifs is 1. The van der Waals surface area contributed by atoms with Gasteiger partial charge >= 0.3 is 5.97 Å². The predicted octanol–water partition coefficient (Wildman–Crippen LogP) is 3.04. The van der Waals surface area contributed by atoms with Crippen LogP contribution in [0.3, 0.4) is 0 Å². The summed E-state index contributed by atoms with van der Waals surface area (Å²) in [4.78, 5) is 14.1. The van der Waals surface area contributed by atoms with Crippen molar-refractivity contribution in [3.05, 3.63) is 71.3 Å². The van der Waals surface area contributed by atoms with E-state index in [4.69, 9.17) is 0 Å². The molecule has 0 radical (unpaired) electrons. The Kier molecular flexibility index (Phi) is 3.52. The van der Waals surface area contributed by atoms with Crippen LogP contribution in [0.2, 0.25) is 0 Å². The van der Waals surface area contributed by atoms with E-state index in [1.807, 2.05) is 49.4 Å². The zero-order chi connectivity index (χ0) is 14.9. The molecule has 1 unspecified atom stereocenters. The molecule has 1 aliphatic rings. The molecule has 108 valence electrons. The number of nitrogens with zero attached hydrogens (tertiary/aromatic N) is 1. The lowest BCUT2D eigenvalue weighted by molar-refractivity contribution is -0.144. The third-order valence-corrected chi connectivity index (χ3v) is 4.33. The number of carboxylic acid groups (broad SMARTS) is 1. The fourth-order valence-corrected chi connectivity index (χ4v) is 3.05. The Bertz CT molecular complexity index is 628. The van der Waals surface area contributed by atoms with Gasteiger partial charge in [0.05, 0.1) is 0 Å². The molecule has 21 heavy (non-hydrogen) atoms. The van der Waals surface area contributed by atoms with Gasteiger partial charge in [-0.25, -0.2) is 0 Å². The number of aliphatic carboxylic acids is 1. The Morgan fingerprint density at radius 1 is 1.05 bits per heavy atom. The monoisotopic (exact) mass is 281 g/mol. The molecular weight excluding hydrogens is 262 g/mol. The Morgan fingerprint density at radius 2 is 1.57 bits per heavy atom. The quantitative estimate of drug-likeness (QED) is 0.936. The van der Waals surface area contributed by atoms with Crippen LogP contribution in [0.25, 0.3) is 0 Å². The molecule has 3 heteroatoms. The summed E-state index contributed by atoms with van der Waals surface area (Å²) in [6.07, 6.45) is 0. The molecule has 2 aromatic rings. The molecule has 0 aromatic heterocycles. The van der Waals surface area contributed by atoms with E-state index in [1.165, 1.54) is 11.1 Å². The average Bonchev–Trinajstić information content (AvgIpc) is 2.89. The fourth-order valence-electron chi connectivity index (χ4n) is 3.05. The summed E-state index contributed by atoms with van der Waals surface area (Å²) in [7, 11) is 0. The number of hydrogen-bond donors (Lipinski definition) is 1. The summed E-state index contributed by atoms with van der Waals surface area (Å²) in [5, 5.41) is 9.74. The van der Waals surface area contributed by atoms with Crippen LogP contribution < -0.4 is 0 Å². The molecule has 0 aliphatic carbocycles. The molecule has 0 spiro atoms. The summed E-state index contributed by atoms with van der Waals surface area (Å²) in [6, 6.07) is 17.8. The van der Waals surface area contributed by atoms with Gasteiger partial charge in [-0.05, 0) is 23.6 Å². The lowest BCUT2D eigenvalue weighted by atomic mass is 9.82. The van der Waals surface area contributed by atoms with Crippen LogP contribution in [0.5, 0.6) is 0 Å². The molecule has 1 heterocycles. The van der Waals surface area contributed by atoms with Crippen LogP contribution in [0.15, 0.2) is 54.6 Å². The van der Waals surface area contributed by atoms with Crippen LogP contribution in [0.1, 0.15) is 23.6 Å². The Hall–Kier alpha value is -2.13. The Labute approximate surface area is 124 Å². The number of carbonyl (C=O) groups is 1. The van der Waals surface area contributed by atoms with Crippen molar-refractivity contribution in [1.29, 1.82) is 0 Å². The van der Waals surface area contributed by atoms with Crippen LogP contribution in [-0.4, -0.2) is 22.5 Å². The van der Waals surface area contributed by atoms with Gasteiger partial charge in [-0.2, -0.15) is 0 Å². The maximum Gasteiger partial charge on any atom is 0.315 e. The van der Waals surface area contributed by atoms with E-state index in [0.29, 0.717) is 6.54 Å². The van der Waals surface area contributed by atoms with E-state index in [1.54, 1.807) is 0 Å². The van der Waals surface area contributed by atoms with E-state index >= 15 is 0 Å². The van der Waals surface area contributed by atoms with Crippen molar-refractivity contribution in [2.75, 3.05) is 6.54 Å². The zero-order valence-corrected chi connectivity index (χ0v) is 12.1. The first-order chi connectivity index (χ1) is 10.1. The lowest BCUT2D eigenvalue weighted by Gasteiger charge is -2.30. The van der Waals surface area contributed by atoms with Gasteiger partial charge in [-0.3, -0.25) is 9.69 Å². The van der Waals surface area contributed by atoms with E-state index in [-0.39, 0.29) is 0 Å². The third-order valence-electron chi connectivity index (χ3n) is 4.33. The molecule has 2 aromatic carbocycles. The van der Waals surface area contributed by atoms with Gasteiger partial charge in [-0.15, -0.1) is 0 Å². The van der Waals surface area contributed by atoms with Crippen molar-refractivity contribution in [3.63, 3.8) is 0 Å². The van der Waals surface area contributed by atoms with Gasteiger partial charge in [0, 0.05) is 19.6 Å². The Morgan fingerprint density at radius 3 is 2.10 bits per heavy atom. The van der Waals surface area contributed by atoms with Crippen LogP contribution in [0.4, 0.5) is 0 Å². The highest BCUT2D eigenvalue weighted by Gasteiger charge is 2.38. The minimum Gasteiger partial charge on any atom is -0.481 e. The minimum atomic E-state index is -0.886. The zero-order valence-electron chi connectivity index (χ0n) is 12.1. The lowest BCUT2D eigenvalue weighted by Crippen LogP contribution is -2.42. The fraction of sp³-hybridized carbons (Fsp3) is 0.278. The van der Waals surface area contributed by atoms with Crippen molar-refractivity contribution in [1.82, 2.24) is 4.90 Å². The van der Waals surface area contributed by atoms with Crippen molar-refractivity contribution in [3.8, 4) is 0 Å².